The Kier molecular flexibility index (Phi) is 4.04. The first kappa shape index (κ1) is 12.4. The summed E-state index contributed by atoms with van der Waals surface area (Å²) in [6.07, 6.45) is 0. The second kappa shape index (κ2) is 4.90. The highest BCUT2D eigenvalue weighted by molar-refractivity contribution is 7.09. The Balaban J connectivity index is 2.82. The van der Waals surface area contributed by atoms with Crippen LogP contribution in [-0.2, 0) is 5.41 Å². The molecule has 1 rings (SSSR count). The highest BCUT2D eigenvalue weighted by atomic mass is 32.1. The number of nitrogens with two attached hydrogens (primary N) is 1. The summed E-state index contributed by atoms with van der Waals surface area (Å²) in [4.78, 5) is 6.71. The van der Waals surface area contributed by atoms with Crippen LogP contribution >= 0.6 is 11.5 Å². The Morgan fingerprint density at radius 2 is 2.07 bits per heavy atom. The molecule has 0 aliphatic heterocycles. The molecule has 0 unspecified atom stereocenters. The van der Waals surface area contributed by atoms with Crippen molar-refractivity contribution in [1.29, 1.82) is 0 Å². The van der Waals surface area contributed by atoms with Gasteiger partial charge in [-0.25, -0.2) is 4.98 Å². The molecule has 0 aromatic carbocycles. The number of hydrogen-bond acceptors (Lipinski definition) is 5. The molecule has 0 atom stereocenters. The van der Waals surface area contributed by atoms with E-state index in [1.807, 2.05) is 0 Å². The predicted molar refractivity (Wildman–Crippen MR) is 65.6 cm³/mol. The van der Waals surface area contributed by atoms with Crippen molar-refractivity contribution in [2.75, 3.05) is 24.5 Å². The van der Waals surface area contributed by atoms with E-state index in [-0.39, 0.29) is 5.41 Å². The Morgan fingerprint density at radius 3 is 2.47 bits per heavy atom. The van der Waals surface area contributed by atoms with Gasteiger partial charge in [-0.2, -0.15) is 4.37 Å². The lowest BCUT2D eigenvalue weighted by Crippen LogP contribution is -2.29. The van der Waals surface area contributed by atoms with Crippen LogP contribution in [0.1, 0.15) is 33.5 Å². The van der Waals surface area contributed by atoms with Gasteiger partial charge in [-0.05, 0) is 6.92 Å². The minimum Gasteiger partial charge on any atom is -0.346 e. The number of anilines is 1. The molecule has 0 aliphatic rings. The van der Waals surface area contributed by atoms with Crippen LogP contribution in [0.2, 0.25) is 0 Å². The van der Waals surface area contributed by atoms with Crippen molar-refractivity contribution < 1.29 is 0 Å². The van der Waals surface area contributed by atoms with Crippen LogP contribution in [0, 0.1) is 0 Å². The number of nitrogens with zero attached hydrogens (tertiary/aromatic N) is 3. The van der Waals surface area contributed by atoms with Crippen molar-refractivity contribution in [3.8, 4) is 0 Å². The third kappa shape index (κ3) is 3.14. The van der Waals surface area contributed by atoms with Gasteiger partial charge < -0.3 is 10.6 Å². The third-order valence-corrected chi connectivity index (χ3v) is 2.91. The normalized spacial score (nSPS) is 11.8. The van der Waals surface area contributed by atoms with Crippen molar-refractivity contribution in [2.45, 2.75) is 33.1 Å². The molecule has 0 aliphatic carbocycles. The Morgan fingerprint density at radius 1 is 1.40 bits per heavy atom. The second-order valence-corrected chi connectivity index (χ2v) is 5.25. The fourth-order valence-electron chi connectivity index (χ4n) is 1.19. The predicted octanol–water partition coefficient (Wildman–Crippen LogP) is 1.62. The lowest BCUT2D eigenvalue weighted by Gasteiger charge is -2.18. The van der Waals surface area contributed by atoms with E-state index in [4.69, 9.17) is 5.73 Å². The SMILES string of the molecule is CCN(CCN)c1nc(C(C)(C)C)ns1. The summed E-state index contributed by atoms with van der Waals surface area (Å²) < 4.78 is 4.39. The molecule has 5 heteroatoms. The molecule has 1 heterocycles. The number of likely N-dealkylation sites (N-methyl/N-ethyl adjacent to an activating group) is 1. The molecule has 0 saturated carbocycles. The first-order valence-electron chi connectivity index (χ1n) is 5.28. The molecule has 1 aromatic heterocycles. The average molecular weight is 228 g/mol. The van der Waals surface area contributed by atoms with E-state index < -0.39 is 0 Å². The molecule has 86 valence electrons. The Labute approximate surface area is 95.7 Å². The van der Waals surface area contributed by atoms with Gasteiger partial charge in [0, 0.05) is 36.6 Å². The molecule has 0 saturated heterocycles. The molecule has 0 fully saturated rings. The molecule has 2 N–H and O–H groups in total. The molecule has 15 heavy (non-hydrogen) atoms. The van der Waals surface area contributed by atoms with Crippen LogP contribution < -0.4 is 10.6 Å². The molecule has 0 spiro atoms. The Bertz CT molecular complexity index is 303. The van der Waals surface area contributed by atoms with Crippen molar-refractivity contribution in [2.24, 2.45) is 5.73 Å². The molecule has 0 amide bonds. The van der Waals surface area contributed by atoms with Crippen LogP contribution in [0.15, 0.2) is 0 Å². The van der Waals surface area contributed by atoms with Gasteiger partial charge in [0.05, 0.1) is 0 Å². The van der Waals surface area contributed by atoms with Gasteiger partial charge in [0.1, 0.15) is 5.82 Å². The van der Waals surface area contributed by atoms with Gasteiger partial charge in [0.15, 0.2) is 0 Å². The minimum absolute atomic E-state index is 0.0247. The van der Waals surface area contributed by atoms with Crippen LogP contribution in [0.4, 0.5) is 5.13 Å². The molecule has 4 nitrogen and oxygen atoms in total. The number of aromatic nitrogens is 2. The summed E-state index contributed by atoms with van der Waals surface area (Å²) in [5.74, 6) is 0.915. The maximum atomic E-state index is 5.55. The van der Waals surface area contributed by atoms with Crippen molar-refractivity contribution >= 4 is 16.7 Å². The zero-order valence-electron chi connectivity index (χ0n) is 9.95. The van der Waals surface area contributed by atoms with E-state index >= 15 is 0 Å². The van der Waals surface area contributed by atoms with Gasteiger partial charge >= 0.3 is 0 Å². The highest BCUT2D eigenvalue weighted by Gasteiger charge is 2.20. The molecule has 0 bridgehead atoms. The van der Waals surface area contributed by atoms with E-state index in [1.165, 1.54) is 11.5 Å². The van der Waals surface area contributed by atoms with E-state index in [0.717, 1.165) is 24.0 Å². The summed E-state index contributed by atoms with van der Waals surface area (Å²) in [7, 11) is 0. The molecule has 1 aromatic rings. The van der Waals surface area contributed by atoms with E-state index in [9.17, 15) is 0 Å². The lowest BCUT2D eigenvalue weighted by atomic mass is 9.96. The van der Waals surface area contributed by atoms with E-state index in [0.29, 0.717) is 6.54 Å². The van der Waals surface area contributed by atoms with Gasteiger partial charge in [-0.3, -0.25) is 0 Å². The quantitative estimate of drug-likeness (QED) is 0.851. The van der Waals surface area contributed by atoms with Gasteiger partial charge in [0.2, 0.25) is 5.13 Å². The maximum Gasteiger partial charge on any atom is 0.205 e. The summed E-state index contributed by atoms with van der Waals surface area (Å²) in [6, 6.07) is 0. The third-order valence-electron chi connectivity index (χ3n) is 2.14. The zero-order valence-corrected chi connectivity index (χ0v) is 10.8. The maximum absolute atomic E-state index is 5.55. The fraction of sp³-hybridized carbons (Fsp3) is 0.800. The summed E-state index contributed by atoms with van der Waals surface area (Å²) in [5, 5.41) is 0.980. The monoisotopic (exact) mass is 228 g/mol. The van der Waals surface area contributed by atoms with Gasteiger partial charge in [-0.15, -0.1) is 0 Å². The second-order valence-electron chi connectivity index (χ2n) is 4.52. The first-order chi connectivity index (χ1) is 6.99. The number of rotatable bonds is 4. The lowest BCUT2D eigenvalue weighted by molar-refractivity contribution is 0.554. The molecule has 0 radical (unpaired) electrons. The summed E-state index contributed by atoms with van der Waals surface area (Å²) in [5.41, 5.74) is 5.57. The van der Waals surface area contributed by atoms with Crippen molar-refractivity contribution in [3.05, 3.63) is 5.82 Å². The summed E-state index contributed by atoms with van der Waals surface area (Å²) >= 11 is 1.46. The highest BCUT2D eigenvalue weighted by Crippen LogP contribution is 2.24. The van der Waals surface area contributed by atoms with Crippen LogP contribution in [0.3, 0.4) is 0 Å². The van der Waals surface area contributed by atoms with Crippen LogP contribution in [0.25, 0.3) is 0 Å². The molecular weight excluding hydrogens is 208 g/mol. The van der Waals surface area contributed by atoms with Crippen molar-refractivity contribution in [1.82, 2.24) is 9.36 Å². The largest absolute Gasteiger partial charge is 0.346 e. The standard InChI is InChI=1S/C10H20N4S/c1-5-14(7-6-11)9-12-8(13-15-9)10(2,3)4/h5-7,11H2,1-4H3. The smallest absolute Gasteiger partial charge is 0.205 e. The Hall–Kier alpha value is -0.680. The van der Waals surface area contributed by atoms with Gasteiger partial charge in [-0.1, -0.05) is 20.8 Å². The van der Waals surface area contributed by atoms with E-state index in [1.54, 1.807) is 0 Å². The van der Waals surface area contributed by atoms with Crippen LogP contribution in [-0.4, -0.2) is 29.0 Å². The fourth-order valence-corrected chi connectivity index (χ4v) is 2.14. The molecular formula is C10H20N4S. The average Bonchev–Trinajstić information content (AvgIpc) is 2.62. The van der Waals surface area contributed by atoms with E-state index in [2.05, 4.69) is 42.0 Å². The van der Waals surface area contributed by atoms with Crippen LogP contribution in [0.5, 0.6) is 0 Å². The van der Waals surface area contributed by atoms with Crippen molar-refractivity contribution in [3.63, 3.8) is 0 Å². The van der Waals surface area contributed by atoms with Gasteiger partial charge in [0.25, 0.3) is 0 Å². The topological polar surface area (TPSA) is 55.0 Å². The first-order valence-corrected chi connectivity index (χ1v) is 6.05. The summed E-state index contributed by atoms with van der Waals surface area (Å²) in [6.45, 7) is 10.9. The zero-order chi connectivity index (χ0) is 11.5. The minimum atomic E-state index is 0.0247. The number of hydrogen-bond donors (Lipinski definition) is 1.